The Balaban J connectivity index is 1.58. The van der Waals surface area contributed by atoms with E-state index in [0.29, 0.717) is 31.0 Å². The summed E-state index contributed by atoms with van der Waals surface area (Å²) in [5, 5.41) is 11.8. The van der Waals surface area contributed by atoms with Gasteiger partial charge in [0.15, 0.2) is 5.78 Å². The summed E-state index contributed by atoms with van der Waals surface area (Å²) in [5.74, 6) is -1.96. The first-order chi connectivity index (χ1) is 21.6. The first kappa shape index (κ1) is 33.8. The number of hydrogen-bond acceptors (Lipinski definition) is 8. The van der Waals surface area contributed by atoms with Crippen molar-refractivity contribution in [3.8, 4) is 5.75 Å². The molecule has 1 heterocycles. The Labute approximate surface area is 265 Å². The van der Waals surface area contributed by atoms with Gasteiger partial charge in [-0.1, -0.05) is 85.8 Å². The molecule has 1 aliphatic rings. The molecule has 0 aromatic heterocycles. The van der Waals surface area contributed by atoms with Crippen LogP contribution in [0.1, 0.15) is 54.1 Å². The van der Waals surface area contributed by atoms with Gasteiger partial charge in [0.1, 0.15) is 24.7 Å². The molecule has 9 heteroatoms. The molecule has 3 aromatic rings. The maximum absolute atomic E-state index is 13.9. The van der Waals surface area contributed by atoms with E-state index in [-0.39, 0.29) is 43.0 Å². The Kier molecular flexibility index (Phi) is 11.9. The zero-order chi connectivity index (χ0) is 32.5. The zero-order valence-electron chi connectivity index (χ0n) is 26.3. The van der Waals surface area contributed by atoms with Crippen LogP contribution in [0.25, 0.3) is 0 Å². The summed E-state index contributed by atoms with van der Waals surface area (Å²) in [4.78, 5) is 41.3. The first-order valence-electron chi connectivity index (χ1n) is 15.5. The number of hydrogen-bond donors (Lipinski definition) is 3. The lowest BCUT2D eigenvalue weighted by Crippen LogP contribution is -2.43. The van der Waals surface area contributed by atoms with Gasteiger partial charge in [-0.2, -0.15) is 0 Å². The molecule has 3 unspecified atom stereocenters. The number of carbonyl (C=O) groups excluding carboxylic acids is 3. The Morgan fingerprint density at radius 1 is 0.889 bits per heavy atom. The van der Waals surface area contributed by atoms with E-state index in [1.807, 2.05) is 99.6 Å². The molecule has 1 amide bonds. The van der Waals surface area contributed by atoms with E-state index in [0.717, 1.165) is 16.7 Å². The number of para-hydroxylation sites is 1. The monoisotopic (exact) mass is 615 g/mol. The van der Waals surface area contributed by atoms with E-state index in [4.69, 9.17) is 20.9 Å². The molecule has 45 heavy (non-hydrogen) atoms. The quantitative estimate of drug-likeness (QED) is 0.211. The Hall–Kier alpha value is -4.05. The molecule has 0 radical (unpaired) electrons. The molecular weight excluding hydrogens is 570 g/mol. The van der Waals surface area contributed by atoms with Crippen LogP contribution in [0.3, 0.4) is 0 Å². The molecule has 6 atom stereocenters. The van der Waals surface area contributed by atoms with Gasteiger partial charge < -0.3 is 30.9 Å². The molecule has 4 rings (SSSR count). The molecule has 0 aliphatic carbocycles. The summed E-state index contributed by atoms with van der Waals surface area (Å²) < 4.78 is 11.0. The lowest BCUT2D eigenvalue weighted by molar-refractivity contribution is -0.132. The van der Waals surface area contributed by atoms with Gasteiger partial charge >= 0.3 is 6.09 Å². The van der Waals surface area contributed by atoms with Crippen molar-refractivity contribution in [2.45, 2.75) is 51.8 Å². The highest BCUT2D eigenvalue weighted by Crippen LogP contribution is 2.33. The summed E-state index contributed by atoms with van der Waals surface area (Å²) in [6, 6.07) is 22.5. The minimum Gasteiger partial charge on any atom is -0.485 e. The molecule has 0 spiro atoms. The second-order valence-electron chi connectivity index (χ2n) is 12.1. The van der Waals surface area contributed by atoms with Gasteiger partial charge in [0.2, 0.25) is 0 Å². The zero-order valence-corrected chi connectivity index (χ0v) is 26.3. The third-order valence-corrected chi connectivity index (χ3v) is 8.58. The largest absolute Gasteiger partial charge is 0.485 e. The minimum absolute atomic E-state index is 0.0757. The average Bonchev–Trinajstić information content (AvgIpc) is 3.43. The number of carbonyl (C=O) groups is 3. The Bertz CT molecular complexity index is 1410. The van der Waals surface area contributed by atoms with Crippen molar-refractivity contribution >= 4 is 17.7 Å². The third-order valence-electron chi connectivity index (χ3n) is 8.58. The van der Waals surface area contributed by atoms with Crippen LogP contribution in [0, 0.1) is 31.6 Å². The molecule has 240 valence electrons. The van der Waals surface area contributed by atoms with Crippen LogP contribution >= 0.6 is 0 Å². The van der Waals surface area contributed by atoms with Crippen molar-refractivity contribution < 1.29 is 29.0 Å². The highest BCUT2D eigenvalue weighted by atomic mass is 16.6. The lowest BCUT2D eigenvalue weighted by Gasteiger charge is -2.32. The maximum atomic E-state index is 13.9. The van der Waals surface area contributed by atoms with Crippen LogP contribution in [-0.4, -0.2) is 60.1 Å². The summed E-state index contributed by atoms with van der Waals surface area (Å²) in [6.45, 7) is 6.60. The molecule has 1 aliphatic heterocycles. The van der Waals surface area contributed by atoms with E-state index in [1.165, 1.54) is 0 Å². The molecule has 1 saturated heterocycles. The second-order valence-corrected chi connectivity index (χ2v) is 12.1. The number of aliphatic hydroxyl groups is 1. The number of rotatable bonds is 16. The predicted octanol–water partition coefficient (Wildman–Crippen LogP) is 4.68. The van der Waals surface area contributed by atoms with Gasteiger partial charge in [-0.05, 0) is 48.4 Å². The van der Waals surface area contributed by atoms with E-state index < -0.39 is 30.0 Å². The molecule has 3 aromatic carbocycles. The Morgan fingerprint density at radius 2 is 1.47 bits per heavy atom. The summed E-state index contributed by atoms with van der Waals surface area (Å²) >= 11 is 0. The average molecular weight is 616 g/mol. The summed E-state index contributed by atoms with van der Waals surface area (Å²) in [6.07, 6.45) is -1.61. The smallest absolute Gasteiger partial charge is 0.409 e. The van der Waals surface area contributed by atoms with Gasteiger partial charge in [0, 0.05) is 31.0 Å². The van der Waals surface area contributed by atoms with Gasteiger partial charge in [-0.3, -0.25) is 9.59 Å². The molecule has 9 nitrogen and oxygen atoms in total. The van der Waals surface area contributed by atoms with Gasteiger partial charge in [0.05, 0.1) is 18.6 Å². The molecule has 1 fully saturated rings. The molecule has 0 bridgehead atoms. The fourth-order valence-corrected chi connectivity index (χ4v) is 6.12. The fraction of sp³-hybridized carbons (Fsp3) is 0.417. The van der Waals surface area contributed by atoms with Crippen molar-refractivity contribution in [2.75, 3.05) is 26.3 Å². The number of aliphatic hydroxyl groups excluding tert-OH is 1. The number of nitrogens with two attached hydrogens (primary N) is 2. The Morgan fingerprint density at radius 3 is 2.02 bits per heavy atom. The minimum atomic E-state index is -1.29. The normalized spacial score (nSPS) is 17.1. The number of cyclic esters (lactones) is 1. The van der Waals surface area contributed by atoms with E-state index in [2.05, 4.69) is 0 Å². The van der Waals surface area contributed by atoms with Crippen LogP contribution in [0.4, 0.5) is 4.79 Å². The van der Waals surface area contributed by atoms with Crippen molar-refractivity contribution in [1.29, 1.82) is 0 Å². The number of nitrogens with zero attached hydrogens (tertiary/aromatic N) is 1. The van der Waals surface area contributed by atoms with Gasteiger partial charge in [-0.25, -0.2) is 4.79 Å². The van der Waals surface area contributed by atoms with Crippen LogP contribution in [0.15, 0.2) is 78.9 Å². The van der Waals surface area contributed by atoms with Crippen molar-refractivity contribution in [3.05, 3.63) is 101 Å². The highest BCUT2D eigenvalue weighted by Gasteiger charge is 2.39. The number of ether oxygens (including phenoxy) is 2. The van der Waals surface area contributed by atoms with Gasteiger partial charge in [-0.15, -0.1) is 0 Å². The standard InChI is InChI=1S/C36H45N3O6/c1-23(21-39-17-18-44-36(39)43)19-29(40)28(33(37)26-13-6-4-7-14-26)20-30(41)32(34(38)27-15-8-5-9-16-27)31(42)22-45-35-24(2)11-10-12-25(35)3/h4-16,23,28,30,32-34,41H,17-22,37-38H2,1-3H3/t23?,28-,30+,32+,33?,34?/m1/s1. The third kappa shape index (κ3) is 8.78. The number of benzene rings is 3. The topological polar surface area (TPSA) is 145 Å². The molecular formula is C36H45N3O6. The SMILES string of the molecule is Cc1cccc(C)c1OCC(=O)[C@@H](C(N)c1ccccc1)[C@@H](O)C[C@H](C(=O)CC(C)CN1CCOC1=O)C(N)c1ccccc1. The fourth-order valence-electron chi connectivity index (χ4n) is 6.12. The predicted molar refractivity (Wildman–Crippen MR) is 172 cm³/mol. The van der Waals surface area contributed by atoms with Crippen LogP contribution < -0.4 is 16.2 Å². The maximum Gasteiger partial charge on any atom is 0.409 e. The van der Waals surface area contributed by atoms with Crippen LogP contribution in [-0.2, 0) is 14.3 Å². The van der Waals surface area contributed by atoms with E-state index in [9.17, 15) is 19.5 Å². The highest BCUT2D eigenvalue weighted by molar-refractivity contribution is 5.85. The van der Waals surface area contributed by atoms with E-state index in [1.54, 1.807) is 4.90 Å². The second kappa shape index (κ2) is 15.8. The number of amides is 1. The summed E-state index contributed by atoms with van der Waals surface area (Å²) in [7, 11) is 0. The first-order valence-corrected chi connectivity index (χ1v) is 15.5. The van der Waals surface area contributed by atoms with Crippen molar-refractivity contribution in [2.24, 2.45) is 29.2 Å². The number of aryl methyl sites for hydroxylation is 2. The van der Waals surface area contributed by atoms with E-state index >= 15 is 0 Å². The van der Waals surface area contributed by atoms with Crippen LogP contribution in [0.2, 0.25) is 0 Å². The van der Waals surface area contributed by atoms with Gasteiger partial charge in [0.25, 0.3) is 0 Å². The lowest BCUT2D eigenvalue weighted by atomic mass is 9.77. The number of ketones is 2. The van der Waals surface area contributed by atoms with Crippen molar-refractivity contribution in [3.63, 3.8) is 0 Å². The molecule has 0 saturated carbocycles. The number of Topliss-reactive ketones (excluding diaryl/α,β-unsaturated/α-hetero) is 2. The van der Waals surface area contributed by atoms with Crippen molar-refractivity contribution in [1.82, 2.24) is 4.90 Å². The van der Waals surface area contributed by atoms with Crippen LogP contribution in [0.5, 0.6) is 5.75 Å². The summed E-state index contributed by atoms with van der Waals surface area (Å²) in [5.41, 5.74) is 16.6. The molecule has 5 N–H and O–H groups in total.